The highest BCUT2D eigenvalue weighted by molar-refractivity contribution is 9.10. The molecule has 0 aromatic carbocycles. The van der Waals surface area contributed by atoms with Crippen molar-refractivity contribution in [2.45, 2.75) is 32.4 Å². The van der Waals surface area contributed by atoms with E-state index in [1.54, 1.807) is 24.3 Å². The van der Waals surface area contributed by atoms with Crippen LogP contribution in [0.25, 0.3) is 11.1 Å². The number of aromatic nitrogens is 1. The molecule has 3 aromatic heterocycles. The van der Waals surface area contributed by atoms with Gasteiger partial charge in [0.25, 0.3) is 0 Å². The van der Waals surface area contributed by atoms with Crippen LogP contribution in [0.1, 0.15) is 24.0 Å². The van der Waals surface area contributed by atoms with Gasteiger partial charge in [0.2, 0.25) is 0 Å². The largest absolute Gasteiger partial charge is 0.456 e. The Labute approximate surface area is 163 Å². The summed E-state index contributed by atoms with van der Waals surface area (Å²) in [7, 11) is 0. The lowest BCUT2D eigenvalue weighted by atomic mass is 10.1. The van der Waals surface area contributed by atoms with Gasteiger partial charge in [0.1, 0.15) is 16.4 Å². The first kappa shape index (κ1) is 18.3. The van der Waals surface area contributed by atoms with E-state index in [-0.39, 0.29) is 6.04 Å². The SMILES string of the molecule is CC#CC[C@@H](N)Cc1oc2c(NCc3cccs3)cc(Cl)nc2c1Br. The van der Waals surface area contributed by atoms with Crippen molar-refractivity contribution in [3.63, 3.8) is 0 Å². The number of halogens is 2. The summed E-state index contributed by atoms with van der Waals surface area (Å²) in [5.41, 5.74) is 8.32. The Morgan fingerprint density at radius 1 is 1.52 bits per heavy atom. The van der Waals surface area contributed by atoms with E-state index < -0.39 is 0 Å². The van der Waals surface area contributed by atoms with Crippen molar-refractivity contribution < 1.29 is 4.42 Å². The van der Waals surface area contributed by atoms with E-state index in [0.29, 0.717) is 35.6 Å². The number of hydrogen-bond donors (Lipinski definition) is 2. The van der Waals surface area contributed by atoms with Gasteiger partial charge in [-0.3, -0.25) is 0 Å². The minimum atomic E-state index is -0.0951. The molecular formula is C18H17BrClN3OS. The molecule has 3 rings (SSSR count). The number of rotatable bonds is 6. The van der Waals surface area contributed by atoms with Crippen LogP contribution in [0.5, 0.6) is 0 Å². The van der Waals surface area contributed by atoms with Gasteiger partial charge in [0.15, 0.2) is 5.58 Å². The van der Waals surface area contributed by atoms with Crippen molar-refractivity contribution >= 4 is 55.7 Å². The third kappa shape index (κ3) is 4.36. The third-order valence-corrected chi connectivity index (χ3v) is 5.53. The van der Waals surface area contributed by atoms with Gasteiger partial charge in [0, 0.05) is 36.4 Å². The van der Waals surface area contributed by atoms with Gasteiger partial charge < -0.3 is 15.5 Å². The van der Waals surface area contributed by atoms with E-state index in [1.165, 1.54) is 4.88 Å². The Kier molecular flexibility index (Phi) is 6.02. The molecule has 3 N–H and O–H groups in total. The molecule has 4 nitrogen and oxygen atoms in total. The molecule has 0 spiro atoms. The molecule has 0 aliphatic rings. The number of hydrogen-bond acceptors (Lipinski definition) is 5. The summed E-state index contributed by atoms with van der Waals surface area (Å²) in [5, 5.41) is 5.84. The first-order valence-electron chi connectivity index (χ1n) is 7.77. The average Bonchev–Trinajstić information content (AvgIpc) is 3.21. The number of fused-ring (bicyclic) bond motifs is 1. The molecule has 0 amide bonds. The van der Waals surface area contributed by atoms with E-state index in [1.807, 2.05) is 11.4 Å². The Hall–Kier alpha value is -1.52. The van der Waals surface area contributed by atoms with Gasteiger partial charge >= 0.3 is 0 Å². The molecule has 0 unspecified atom stereocenters. The number of anilines is 1. The zero-order valence-electron chi connectivity index (χ0n) is 13.6. The predicted octanol–water partition coefficient (Wildman–Crippen LogP) is 5.20. The fourth-order valence-electron chi connectivity index (χ4n) is 2.46. The topological polar surface area (TPSA) is 64.1 Å². The lowest BCUT2D eigenvalue weighted by molar-refractivity contribution is 0.514. The Morgan fingerprint density at radius 3 is 3.08 bits per heavy atom. The molecule has 0 radical (unpaired) electrons. The first-order valence-corrected chi connectivity index (χ1v) is 9.82. The van der Waals surface area contributed by atoms with Crippen LogP contribution in [0.4, 0.5) is 5.69 Å². The van der Waals surface area contributed by atoms with Crippen molar-refractivity contribution in [2.24, 2.45) is 5.73 Å². The molecule has 0 saturated heterocycles. The minimum Gasteiger partial charge on any atom is -0.456 e. The van der Waals surface area contributed by atoms with E-state index in [9.17, 15) is 0 Å². The van der Waals surface area contributed by atoms with Gasteiger partial charge in [-0.1, -0.05) is 17.7 Å². The van der Waals surface area contributed by atoms with Crippen LogP contribution in [-0.4, -0.2) is 11.0 Å². The molecule has 7 heteroatoms. The summed E-state index contributed by atoms with van der Waals surface area (Å²) in [6.45, 7) is 2.51. The molecule has 0 aliphatic heterocycles. The number of pyridine rings is 1. The summed E-state index contributed by atoms with van der Waals surface area (Å²) >= 11 is 11.5. The van der Waals surface area contributed by atoms with E-state index in [0.717, 1.165) is 15.9 Å². The Balaban J connectivity index is 1.89. The zero-order chi connectivity index (χ0) is 17.8. The maximum atomic E-state index is 6.19. The molecule has 0 aliphatic carbocycles. The van der Waals surface area contributed by atoms with Crippen molar-refractivity contribution in [3.05, 3.63) is 43.8 Å². The number of nitrogens with zero attached hydrogens (tertiary/aromatic N) is 1. The first-order chi connectivity index (χ1) is 12.1. The summed E-state index contributed by atoms with van der Waals surface area (Å²) in [6.07, 6.45) is 1.20. The molecule has 0 bridgehead atoms. The quantitative estimate of drug-likeness (QED) is 0.410. The average molecular weight is 439 g/mol. The van der Waals surface area contributed by atoms with E-state index in [4.69, 9.17) is 21.8 Å². The third-order valence-electron chi connectivity index (χ3n) is 3.64. The van der Waals surface area contributed by atoms with Crippen LogP contribution in [0.3, 0.4) is 0 Å². The monoisotopic (exact) mass is 437 g/mol. The fraction of sp³-hybridized carbons (Fsp3) is 0.278. The summed E-state index contributed by atoms with van der Waals surface area (Å²) in [5.74, 6) is 6.62. The minimum absolute atomic E-state index is 0.0951. The molecule has 130 valence electrons. The van der Waals surface area contributed by atoms with E-state index in [2.05, 4.69) is 44.1 Å². The van der Waals surface area contributed by atoms with Crippen LogP contribution in [0, 0.1) is 11.8 Å². The summed E-state index contributed by atoms with van der Waals surface area (Å²) in [4.78, 5) is 5.62. The van der Waals surface area contributed by atoms with Crippen molar-refractivity contribution in [1.29, 1.82) is 0 Å². The highest BCUT2D eigenvalue weighted by Crippen LogP contribution is 2.36. The lowest BCUT2D eigenvalue weighted by Gasteiger charge is -2.06. The van der Waals surface area contributed by atoms with Gasteiger partial charge in [-0.25, -0.2) is 4.98 Å². The van der Waals surface area contributed by atoms with Crippen molar-refractivity contribution in [2.75, 3.05) is 5.32 Å². The summed E-state index contributed by atoms with van der Waals surface area (Å²) in [6, 6.07) is 5.79. The highest BCUT2D eigenvalue weighted by atomic mass is 79.9. The highest BCUT2D eigenvalue weighted by Gasteiger charge is 2.19. The van der Waals surface area contributed by atoms with Gasteiger partial charge in [-0.05, 0) is 34.3 Å². The number of thiophene rings is 1. The van der Waals surface area contributed by atoms with Crippen LogP contribution in [0.15, 0.2) is 32.5 Å². The molecular weight excluding hydrogens is 422 g/mol. The normalized spacial score (nSPS) is 12.0. The molecule has 3 heterocycles. The molecule has 0 saturated carbocycles. The van der Waals surface area contributed by atoms with Crippen LogP contribution in [-0.2, 0) is 13.0 Å². The Bertz CT molecular complexity index is 927. The molecule has 25 heavy (non-hydrogen) atoms. The molecule has 1 atom stereocenters. The second-order valence-corrected chi connectivity index (χ2v) is 7.75. The van der Waals surface area contributed by atoms with Crippen LogP contribution >= 0.6 is 38.9 Å². The molecule has 3 aromatic rings. The Morgan fingerprint density at radius 2 is 2.36 bits per heavy atom. The van der Waals surface area contributed by atoms with Crippen LogP contribution in [0.2, 0.25) is 5.15 Å². The van der Waals surface area contributed by atoms with Crippen molar-refractivity contribution in [3.8, 4) is 11.8 Å². The smallest absolute Gasteiger partial charge is 0.177 e. The predicted molar refractivity (Wildman–Crippen MR) is 108 cm³/mol. The van der Waals surface area contributed by atoms with Crippen molar-refractivity contribution in [1.82, 2.24) is 4.98 Å². The lowest BCUT2D eigenvalue weighted by Crippen LogP contribution is -2.21. The standard InChI is InChI=1S/C18H17BrClN3OS/c1-2-3-5-11(21)8-14-16(19)17-18(24-14)13(9-15(20)23-17)22-10-12-6-4-7-25-12/h4,6-7,9,11H,5,8,10,21H2,1H3,(H,22,23)/t11-/m1/s1. The maximum absolute atomic E-state index is 6.19. The number of nitrogens with one attached hydrogen (secondary N) is 1. The fourth-order valence-corrected chi connectivity index (χ4v) is 3.81. The maximum Gasteiger partial charge on any atom is 0.177 e. The zero-order valence-corrected chi connectivity index (χ0v) is 16.8. The molecule has 0 fully saturated rings. The second-order valence-electron chi connectivity index (χ2n) is 5.54. The van der Waals surface area contributed by atoms with Gasteiger partial charge in [-0.15, -0.1) is 23.2 Å². The summed E-state index contributed by atoms with van der Waals surface area (Å²) < 4.78 is 6.85. The van der Waals surface area contributed by atoms with Gasteiger partial charge in [-0.2, -0.15) is 0 Å². The van der Waals surface area contributed by atoms with Crippen LogP contribution < -0.4 is 11.1 Å². The number of nitrogens with two attached hydrogens (primary N) is 1. The van der Waals surface area contributed by atoms with Gasteiger partial charge in [0.05, 0.1) is 10.2 Å². The number of furan rings is 1. The second kappa shape index (κ2) is 8.24. The van der Waals surface area contributed by atoms with E-state index >= 15 is 0 Å².